The molecule has 0 amide bonds. The van der Waals surface area contributed by atoms with E-state index >= 15 is 0 Å². The van der Waals surface area contributed by atoms with Crippen LogP contribution in [0.2, 0.25) is 0 Å². The molecule has 13 heavy (non-hydrogen) atoms. The van der Waals surface area contributed by atoms with Crippen molar-refractivity contribution in [3.8, 4) is 0 Å². The average Bonchev–Trinajstić information content (AvgIpc) is 1.54. The van der Waals surface area contributed by atoms with Gasteiger partial charge in [0.05, 0.1) is 0 Å². The molecule has 0 radical (unpaired) electrons. The summed E-state index contributed by atoms with van der Waals surface area (Å²) >= 11 is -9.33. The van der Waals surface area contributed by atoms with Crippen LogP contribution in [0.1, 0.15) is 0 Å². The maximum atomic E-state index is 8.44. The van der Waals surface area contributed by atoms with Crippen molar-refractivity contribution in [1.82, 2.24) is 0 Å². The molecule has 0 saturated heterocycles. The van der Waals surface area contributed by atoms with E-state index in [1.807, 2.05) is 0 Å². The van der Waals surface area contributed by atoms with Crippen LogP contribution < -0.4 is 0 Å². The fraction of sp³-hybridized carbons (Fsp3) is 0. The smallest absolute Gasteiger partial charge is 0.784 e. The normalized spacial score (nSPS) is 8.08. The van der Waals surface area contributed by atoms with E-state index in [0.29, 0.717) is 0 Å². The predicted molar refractivity (Wildman–Crippen MR) is 29.1 cm³/mol. The van der Waals surface area contributed by atoms with Crippen molar-refractivity contribution < 1.29 is 61.0 Å². The van der Waals surface area contributed by atoms with Gasteiger partial charge in [-0.1, -0.05) is 0 Å². The van der Waals surface area contributed by atoms with Crippen molar-refractivity contribution in [2.24, 2.45) is 0 Å². The maximum absolute atomic E-state index is 8.44. The molecule has 0 aromatic heterocycles. The topological polar surface area (TPSA) is 190 Å². The second-order valence-corrected chi connectivity index (χ2v) is 1.84. The molecule has 0 fully saturated rings. The third-order valence-corrected chi connectivity index (χ3v) is 0. The van der Waals surface area contributed by atoms with Gasteiger partial charge in [0.2, 0.25) is 0 Å². The molecule has 0 spiro atoms. The third-order valence-electron chi connectivity index (χ3n) is 0. The van der Waals surface area contributed by atoms with Crippen LogP contribution in [0.5, 0.6) is 0 Å². The first-order valence-electron chi connectivity index (χ1n) is 1.50. The molecule has 0 bridgehead atoms. The van der Waals surface area contributed by atoms with Crippen LogP contribution in [0.3, 0.4) is 0 Å². The van der Waals surface area contributed by atoms with Crippen molar-refractivity contribution in [2.45, 2.75) is 0 Å². The van der Waals surface area contributed by atoms with E-state index in [2.05, 4.69) is 0 Å². The van der Waals surface area contributed by atoms with Gasteiger partial charge in [0.15, 0.2) is 0 Å². The fourth-order valence-corrected chi connectivity index (χ4v) is 0. The Morgan fingerprint density at radius 1 is 0.538 bits per heavy atom. The molecule has 0 aliphatic rings. The second-order valence-electron chi connectivity index (χ2n) is 0.612. The Labute approximate surface area is 94.9 Å². The van der Waals surface area contributed by atoms with Gasteiger partial charge < -0.3 is 27.3 Å². The summed E-state index contributed by atoms with van der Waals surface area (Å²) in [4.78, 5) is 0. The SMILES string of the molecule is O=S([O-])[O-].O=S([O-])[O-].O=S([O-])[O-].[Mo+6]. The molecule has 0 N–H and O–H groups in total. The summed E-state index contributed by atoms with van der Waals surface area (Å²) in [6.45, 7) is 0. The number of hydrogen-bond acceptors (Lipinski definition) is 9. The fourth-order valence-electron chi connectivity index (χ4n) is 0. The molecule has 0 rings (SSSR count). The van der Waals surface area contributed by atoms with Gasteiger partial charge in [0, 0.05) is 0 Å². The predicted octanol–water partition coefficient (Wildman–Crippen LogP) is -3.01. The molecule has 0 saturated carbocycles. The molecule has 0 aliphatic carbocycles. The minimum atomic E-state index is -3.11. The summed E-state index contributed by atoms with van der Waals surface area (Å²) in [7, 11) is 0. The molecule has 0 unspecified atom stereocenters. The summed E-state index contributed by atoms with van der Waals surface area (Å²) in [5.41, 5.74) is 0. The van der Waals surface area contributed by atoms with Crippen molar-refractivity contribution in [3.63, 3.8) is 0 Å². The van der Waals surface area contributed by atoms with Gasteiger partial charge in [-0.05, 0) is 0 Å². The quantitative estimate of drug-likeness (QED) is 0.327. The maximum Gasteiger partial charge on any atom is 6.00 e. The zero-order valence-corrected chi connectivity index (χ0v) is 9.76. The molecule has 13 heteroatoms. The van der Waals surface area contributed by atoms with Crippen molar-refractivity contribution in [3.05, 3.63) is 0 Å². The average molecular weight is 336 g/mol. The Morgan fingerprint density at radius 3 is 0.538 bits per heavy atom. The van der Waals surface area contributed by atoms with E-state index in [0.717, 1.165) is 0 Å². The van der Waals surface area contributed by atoms with Gasteiger partial charge in [-0.25, -0.2) is 0 Å². The summed E-state index contributed by atoms with van der Waals surface area (Å²) < 4.78 is 76.0. The summed E-state index contributed by atoms with van der Waals surface area (Å²) in [5.74, 6) is 0. The second kappa shape index (κ2) is 18.6. The molecule has 0 atom stereocenters. The van der Waals surface area contributed by atoms with Crippen molar-refractivity contribution in [1.29, 1.82) is 0 Å². The van der Waals surface area contributed by atoms with Crippen LogP contribution in [-0.4, -0.2) is 39.9 Å². The molecule has 0 aromatic carbocycles. The zero-order valence-electron chi connectivity index (χ0n) is 5.31. The molecule has 0 aliphatic heterocycles. The Bertz CT molecular complexity index is 112. The Hall–Kier alpha value is 0.898. The van der Waals surface area contributed by atoms with Crippen LogP contribution in [0.25, 0.3) is 0 Å². The van der Waals surface area contributed by atoms with E-state index in [4.69, 9.17) is 39.9 Å². The van der Waals surface area contributed by atoms with Gasteiger partial charge in [-0.15, -0.1) is 34.1 Å². The molecular weight excluding hydrogens is 336 g/mol. The van der Waals surface area contributed by atoms with E-state index in [-0.39, 0.29) is 21.1 Å². The number of rotatable bonds is 0. The summed E-state index contributed by atoms with van der Waals surface area (Å²) in [5, 5.41) is 0. The van der Waals surface area contributed by atoms with Gasteiger partial charge in [-0.3, -0.25) is 12.6 Å². The van der Waals surface area contributed by atoms with Crippen LogP contribution >= 0.6 is 0 Å². The van der Waals surface area contributed by atoms with Gasteiger partial charge in [-0.2, -0.15) is 0 Å². The molecule has 0 aromatic rings. The minimum Gasteiger partial charge on any atom is -0.784 e. The van der Waals surface area contributed by atoms with Crippen molar-refractivity contribution in [2.75, 3.05) is 0 Å². The van der Waals surface area contributed by atoms with E-state index in [1.165, 1.54) is 0 Å². The molecular formula is MoO9S3. The van der Waals surface area contributed by atoms with Crippen LogP contribution in [0.4, 0.5) is 0 Å². The van der Waals surface area contributed by atoms with Gasteiger partial charge in [0.1, 0.15) is 0 Å². The monoisotopic (exact) mass is 338 g/mol. The van der Waals surface area contributed by atoms with Gasteiger partial charge in [0.25, 0.3) is 0 Å². The Morgan fingerprint density at radius 2 is 0.538 bits per heavy atom. The van der Waals surface area contributed by atoms with E-state index in [9.17, 15) is 0 Å². The van der Waals surface area contributed by atoms with Crippen LogP contribution in [0, 0.1) is 0 Å². The summed E-state index contributed by atoms with van der Waals surface area (Å²) in [6.07, 6.45) is 0. The van der Waals surface area contributed by atoms with Crippen molar-refractivity contribution >= 4 is 34.1 Å². The number of hydrogen-bond donors (Lipinski definition) is 0. The first kappa shape index (κ1) is 23.6. The Kier molecular flexibility index (Phi) is 33.8. The molecule has 9 nitrogen and oxygen atoms in total. The minimum absolute atomic E-state index is 0. The summed E-state index contributed by atoms with van der Waals surface area (Å²) in [6, 6.07) is 0. The first-order valence-corrected chi connectivity index (χ1v) is 4.50. The Balaban J connectivity index is -0.0000000450. The van der Waals surface area contributed by atoms with Crippen LogP contribution in [-0.2, 0) is 55.1 Å². The standard InChI is InChI=1S/Mo.3H2O3S/c;3*1-4(2)3/h;3*(H2,1,2,3)/q+6;;;/p-6. The van der Waals surface area contributed by atoms with E-state index in [1.54, 1.807) is 0 Å². The van der Waals surface area contributed by atoms with Crippen LogP contribution in [0.15, 0.2) is 0 Å². The zero-order chi connectivity index (χ0) is 10.7. The first-order chi connectivity index (χ1) is 5.20. The molecule has 0 heterocycles. The van der Waals surface area contributed by atoms with Gasteiger partial charge >= 0.3 is 21.1 Å². The van der Waals surface area contributed by atoms with E-state index < -0.39 is 34.1 Å². The molecule has 78 valence electrons. The largest absolute Gasteiger partial charge is 6.00 e. The third kappa shape index (κ3) is 1900.